The van der Waals surface area contributed by atoms with E-state index in [2.05, 4.69) is 28.3 Å². The molecule has 2 heterocycles. The lowest BCUT2D eigenvalue weighted by atomic mass is 10.0. The Hall–Kier alpha value is -2.21. The molecule has 4 N–H and O–H groups in total. The van der Waals surface area contributed by atoms with Crippen molar-refractivity contribution in [2.24, 2.45) is 5.73 Å². The van der Waals surface area contributed by atoms with E-state index in [1.54, 1.807) is 0 Å². The Morgan fingerprint density at radius 1 is 1.00 bits per heavy atom. The Kier molecular flexibility index (Phi) is 7.13. The predicted molar refractivity (Wildman–Crippen MR) is 120 cm³/mol. The van der Waals surface area contributed by atoms with Gasteiger partial charge in [0.2, 0.25) is 0 Å². The summed E-state index contributed by atoms with van der Waals surface area (Å²) in [7, 11) is 1.50. The largest absolute Gasteiger partial charge is 0.353 e. The van der Waals surface area contributed by atoms with Gasteiger partial charge in [0, 0.05) is 31.9 Å². The second kappa shape index (κ2) is 9.13. The van der Waals surface area contributed by atoms with Crippen LogP contribution in [0.5, 0.6) is 0 Å². The van der Waals surface area contributed by atoms with E-state index in [4.69, 9.17) is 11.6 Å². The van der Waals surface area contributed by atoms with Crippen LogP contribution in [0.1, 0.15) is 19.4 Å². The number of halogens is 1. The van der Waals surface area contributed by atoms with Gasteiger partial charge < -0.3 is 15.7 Å². The highest BCUT2D eigenvalue weighted by atomic mass is 35.5. The van der Waals surface area contributed by atoms with Crippen molar-refractivity contribution in [2.45, 2.75) is 25.7 Å². The van der Waals surface area contributed by atoms with E-state index >= 15 is 0 Å². The van der Waals surface area contributed by atoms with Crippen LogP contribution in [0.4, 0.5) is 0 Å². The van der Waals surface area contributed by atoms with Gasteiger partial charge in [0.1, 0.15) is 0 Å². The number of aromatic nitrogens is 2. The third-order valence-corrected chi connectivity index (χ3v) is 4.61. The maximum Gasteiger partial charge on any atom is 0.252 e. The Morgan fingerprint density at radius 2 is 1.70 bits per heavy atom. The topological polar surface area (TPSA) is 74.7 Å². The molecule has 0 aliphatic rings. The van der Waals surface area contributed by atoms with Crippen LogP contribution < -0.4 is 11.3 Å². The van der Waals surface area contributed by atoms with Gasteiger partial charge in [-0.1, -0.05) is 37.6 Å². The number of fused-ring (bicyclic) bond motifs is 3. The lowest BCUT2D eigenvalue weighted by molar-refractivity contribution is 1.24. The zero-order valence-corrected chi connectivity index (χ0v) is 17.5. The summed E-state index contributed by atoms with van der Waals surface area (Å²) in [5.74, 6) is 0. The summed E-state index contributed by atoms with van der Waals surface area (Å²) >= 11 is 10.5. The van der Waals surface area contributed by atoms with Crippen LogP contribution in [0.2, 0.25) is 5.02 Å². The maximum absolute atomic E-state index is 12.4. The molecule has 0 bridgehead atoms. The molecule has 0 atom stereocenters. The lowest BCUT2D eigenvalue weighted by Crippen LogP contribution is -2.10. The molecule has 6 heteroatoms. The Balaban J connectivity index is 0.000000614. The molecule has 0 radical (unpaired) electrons. The second-order valence-electron chi connectivity index (χ2n) is 5.57. The van der Waals surface area contributed by atoms with Gasteiger partial charge in [0.25, 0.3) is 5.56 Å². The molecule has 4 rings (SSSR count). The summed E-state index contributed by atoms with van der Waals surface area (Å²) in [5, 5.41) is 1.55. The fraction of sp³-hybridized carbons (Fsp3) is 0.190. The lowest BCUT2D eigenvalue weighted by Gasteiger charge is -2.08. The molecule has 2 aromatic carbocycles. The van der Waals surface area contributed by atoms with Crippen molar-refractivity contribution in [3.05, 3.63) is 63.4 Å². The van der Waals surface area contributed by atoms with Crippen LogP contribution in [0.3, 0.4) is 0 Å². The van der Waals surface area contributed by atoms with E-state index in [-0.39, 0.29) is 5.56 Å². The normalized spacial score (nSPS) is 10.2. The fourth-order valence-corrected chi connectivity index (χ4v) is 3.41. The van der Waals surface area contributed by atoms with Crippen LogP contribution in [-0.4, -0.2) is 17.0 Å². The molecule has 0 fully saturated rings. The number of hydrogen-bond acceptors (Lipinski definition) is 3. The van der Waals surface area contributed by atoms with Crippen LogP contribution in [-0.2, 0) is 0 Å². The van der Waals surface area contributed by atoms with Gasteiger partial charge in [-0.05, 0) is 49.9 Å². The number of nitrogens with two attached hydrogens (primary N) is 1. The van der Waals surface area contributed by atoms with Gasteiger partial charge in [0.15, 0.2) is 0 Å². The molecule has 0 amide bonds. The number of rotatable bonds is 1. The monoisotopic (exact) mass is 401 g/mol. The number of pyridine rings is 1. The minimum Gasteiger partial charge on any atom is -0.353 e. The third kappa shape index (κ3) is 4.05. The van der Waals surface area contributed by atoms with E-state index in [0.29, 0.717) is 10.6 Å². The molecule has 0 aliphatic heterocycles. The van der Waals surface area contributed by atoms with Crippen molar-refractivity contribution in [1.82, 2.24) is 9.97 Å². The summed E-state index contributed by atoms with van der Waals surface area (Å²) < 4.78 is 0. The van der Waals surface area contributed by atoms with Crippen LogP contribution in [0.25, 0.3) is 33.1 Å². The molecular formula is C21H24ClN3OS. The number of hydrogen-bond donors (Lipinski definition) is 4. The average Bonchev–Trinajstić information content (AvgIpc) is 3.03. The number of H-pyrrole nitrogens is 2. The number of aromatic amines is 2. The molecule has 4 nitrogen and oxygen atoms in total. The van der Waals surface area contributed by atoms with E-state index < -0.39 is 0 Å². The molecule has 4 aromatic rings. The average molecular weight is 402 g/mol. The Bertz CT molecular complexity index is 1130. The number of nitrogens with one attached hydrogen (secondary N) is 2. The fourth-order valence-electron chi connectivity index (χ4n) is 3.01. The quantitative estimate of drug-likeness (QED) is 0.316. The van der Waals surface area contributed by atoms with Crippen molar-refractivity contribution in [3.8, 4) is 11.1 Å². The standard InChI is InChI=1S/C18H13ClN2OS.C2H6.CH5N/c1-9-15(10-3-2-4-12(23)7-10)17-16(21-18(9)22)13-8-11(19)5-6-14(13)20-17;2*1-2/h2-8,20,23H,1H3,(H,21,22);1-2H3;2H2,1H3. The van der Waals surface area contributed by atoms with Gasteiger partial charge in [0.05, 0.1) is 11.0 Å². The molecular weight excluding hydrogens is 378 g/mol. The number of benzene rings is 2. The van der Waals surface area contributed by atoms with E-state index in [1.165, 1.54) is 7.05 Å². The highest BCUT2D eigenvalue weighted by molar-refractivity contribution is 7.80. The van der Waals surface area contributed by atoms with E-state index in [9.17, 15) is 4.79 Å². The molecule has 0 saturated heterocycles. The van der Waals surface area contributed by atoms with E-state index in [0.717, 1.165) is 38.0 Å². The first kappa shape index (κ1) is 21.1. The smallest absolute Gasteiger partial charge is 0.252 e. The van der Waals surface area contributed by atoms with E-state index in [1.807, 2.05) is 63.2 Å². The number of thiol groups is 1. The van der Waals surface area contributed by atoms with Crippen LogP contribution in [0.15, 0.2) is 52.2 Å². The molecule has 0 unspecified atom stereocenters. The van der Waals surface area contributed by atoms with Crippen LogP contribution in [0, 0.1) is 6.92 Å². The molecule has 27 heavy (non-hydrogen) atoms. The summed E-state index contributed by atoms with van der Waals surface area (Å²) in [4.78, 5) is 19.6. The molecule has 142 valence electrons. The van der Waals surface area contributed by atoms with Crippen LogP contribution >= 0.6 is 24.2 Å². The SMILES string of the molecule is CC.CN.Cc1c(-c2cccc(S)c2)c2[nH]c3ccc(Cl)cc3c2[nH]c1=O. The first-order chi connectivity index (χ1) is 13.0. The summed E-state index contributed by atoms with van der Waals surface area (Å²) in [6, 6.07) is 13.4. The van der Waals surface area contributed by atoms with Crippen molar-refractivity contribution < 1.29 is 0 Å². The molecule has 0 saturated carbocycles. The van der Waals surface area contributed by atoms with Gasteiger partial charge in [-0.15, -0.1) is 12.6 Å². The highest BCUT2D eigenvalue weighted by Crippen LogP contribution is 2.34. The van der Waals surface area contributed by atoms with Gasteiger partial charge in [-0.25, -0.2) is 0 Å². The van der Waals surface area contributed by atoms with Crippen molar-refractivity contribution in [1.29, 1.82) is 0 Å². The minimum absolute atomic E-state index is 0.0991. The first-order valence-corrected chi connectivity index (χ1v) is 9.58. The van der Waals surface area contributed by atoms with Gasteiger partial charge in [-0.3, -0.25) is 4.79 Å². The second-order valence-corrected chi connectivity index (χ2v) is 6.52. The predicted octanol–water partition coefficient (Wildman–Crippen LogP) is 5.53. The Morgan fingerprint density at radius 3 is 2.37 bits per heavy atom. The molecule has 0 aliphatic carbocycles. The van der Waals surface area contributed by atoms with Crippen molar-refractivity contribution in [3.63, 3.8) is 0 Å². The summed E-state index contributed by atoms with van der Waals surface area (Å²) in [5.41, 5.74) is 9.55. The zero-order valence-electron chi connectivity index (χ0n) is 15.9. The maximum atomic E-state index is 12.4. The summed E-state index contributed by atoms with van der Waals surface area (Å²) in [6.07, 6.45) is 0. The van der Waals surface area contributed by atoms with Crippen molar-refractivity contribution >= 4 is 46.2 Å². The Labute approximate surface area is 169 Å². The molecule has 2 aromatic heterocycles. The molecule has 0 spiro atoms. The van der Waals surface area contributed by atoms with Gasteiger partial charge in [-0.2, -0.15) is 0 Å². The third-order valence-electron chi connectivity index (χ3n) is 4.10. The highest BCUT2D eigenvalue weighted by Gasteiger charge is 2.15. The van der Waals surface area contributed by atoms with Gasteiger partial charge >= 0.3 is 0 Å². The zero-order chi connectivity index (χ0) is 20.1. The van der Waals surface area contributed by atoms with Crippen molar-refractivity contribution in [2.75, 3.05) is 7.05 Å². The summed E-state index contributed by atoms with van der Waals surface area (Å²) in [6.45, 7) is 5.83. The minimum atomic E-state index is -0.0991. The first-order valence-electron chi connectivity index (χ1n) is 8.75.